The number of carbonyl (C=O) groups is 1. The zero-order valence-electron chi connectivity index (χ0n) is 11.3. The fourth-order valence-electron chi connectivity index (χ4n) is 1.56. The first-order valence-electron chi connectivity index (χ1n) is 5.71. The van der Waals surface area contributed by atoms with Crippen LogP contribution < -0.4 is 14.8 Å². The number of hydrogen-bond acceptors (Lipinski definition) is 4. The summed E-state index contributed by atoms with van der Waals surface area (Å²) in [7, 11) is 6.67. The number of carbonyl (C=O) groups excluding carboxylic acids is 1. The fraction of sp³-hybridized carbons (Fsp3) is 0.462. The molecule has 1 amide bonds. The van der Waals surface area contributed by atoms with Crippen molar-refractivity contribution < 1.29 is 14.3 Å². The Morgan fingerprint density at radius 2 is 2.00 bits per heavy atom. The van der Waals surface area contributed by atoms with Crippen molar-refractivity contribution in [3.05, 3.63) is 23.8 Å². The Balaban J connectivity index is 2.64. The summed E-state index contributed by atoms with van der Waals surface area (Å²) in [5, 5.41) is 3.08. The van der Waals surface area contributed by atoms with Crippen LogP contribution in [0, 0.1) is 0 Å². The largest absolute Gasteiger partial charge is 0.493 e. The van der Waals surface area contributed by atoms with Gasteiger partial charge in [0.2, 0.25) is 5.91 Å². The summed E-state index contributed by atoms with van der Waals surface area (Å²) < 4.78 is 10.5. The van der Waals surface area contributed by atoms with E-state index in [-0.39, 0.29) is 5.91 Å². The maximum absolute atomic E-state index is 11.4. The average molecular weight is 252 g/mol. The Kier molecular flexibility index (Phi) is 5.45. The summed E-state index contributed by atoms with van der Waals surface area (Å²) in [6, 6.07) is 5.67. The number of amides is 1. The minimum Gasteiger partial charge on any atom is -0.493 e. The van der Waals surface area contributed by atoms with Gasteiger partial charge < -0.3 is 19.7 Å². The molecule has 0 aliphatic rings. The van der Waals surface area contributed by atoms with E-state index in [4.69, 9.17) is 9.47 Å². The highest BCUT2D eigenvalue weighted by Gasteiger charge is 2.09. The maximum Gasteiger partial charge on any atom is 0.236 e. The predicted molar refractivity (Wildman–Crippen MR) is 69.9 cm³/mol. The molecule has 1 aromatic carbocycles. The molecule has 0 fully saturated rings. The molecule has 0 bridgehead atoms. The van der Waals surface area contributed by atoms with Crippen molar-refractivity contribution in [1.82, 2.24) is 10.2 Å². The molecule has 18 heavy (non-hydrogen) atoms. The predicted octanol–water partition coefficient (Wildman–Crippen LogP) is 0.882. The number of ether oxygens (including phenoxy) is 2. The van der Waals surface area contributed by atoms with Crippen LogP contribution in [0.15, 0.2) is 18.2 Å². The van der Waals surface area contributed by atoms with Crippen molar-refractivity contribution in [2.75, 3.05) is 34.9 Å². The standard InChI is InChI=1S/C13H20N2O3/c1-15(2)12(16)9-14-8-10-6-5-7-11(17-3)13(10)18-4/h5-7,14H,8-9H2,1-4H3. The Hall–Kier alpha value is -1.75. The first-order valence-corrected chi connectivity index (χ1v) is 5.71. The normalized spacial score (nSPS) is 10.0. The molecule has 5 heteroatoms. The first kappa shape index (κ1) is 14.3. The van der Waals surface area contributed by atoms with Crippen molar-refractivity contribution in [3.8, 4) is 11.5 Å². The molecule has 0 aliphatic carbocycles. The van der Waals surface area contributed by atoms with E-state index in [1.54, 1.807) is 33.2 Å². The molecule has 100 valence electrons. The highest BCUT2D eigenvalue weighted by atomic mass is 16.5. The van der Waals surface area contributed by atoms with Gasteiger partial charge in [-0.1, -0.05) is 12.1 Å². The molecule has 0 heterocycles. The van der Waals surface area contributed by atoms with Gasteiger partial charge in [0, 0.05) is 26.2 Å². The van der Waals surface area contributed by atoms with Crippen molar-refractivity contribution in [2.24, 2.45) is 0 Å². The summed E-state index contributed by atoms with van der Waals surface area (Å²) in [5.74, 6) is 1.43. The van der Waals surface area contributed by atoms with Gasteiger partial charge >= 0.3 is 0 Å². The third-order valence-corrected chi connectivity index (χ3v) is 2.57. The minimum absolute atomic E-state index is 0.0388. The molecular weight excluding hydrogens is 232 g/mol. The van der Waals surface area contributed by atoms with Gasteiger partial charge in [0.25, 0.3) is 0 Å². The number of benzene rings is 1. The van der Waals surface area contributed by atoms with Crippen LogP contribution >= 0.6 is 0 Å². The van der Waals surface area contributed by atoms with Gasteiger partial charge in [-0.3, -0.25) is 4.79 Å². The number of rotatable bonds is 6. The van der Waals surface area contributed by atoms with Crippen LogP contribution in [0.2, 0.25) is 0 Å². The topological polar surface area (TPSA) is 50.8 Å². The molecule has 0 unspecified atom stereocenters. The van der Waals surface area contributed by atoms with E-state index in [0.29, 0.717) is 24.6 Å². The number of likely N-dealkylation sites (N-methyl/N-ethyl adjacent to an activating group) is 1. The first-order chi connectivity index (χ1) is 8.60. The number of nitrogens with one attached hydrogen (secondary N) is 1. The minimum atomic E-state index is 0.0388. The van der Waals surface area contributed by atoms with Gasteiger partial charge in [0.15, 0.2) is 11.5 Å². The Bertz CT molecular complexity index is 405. The highest BCUT2D eigenvalue weighted by molar-refractivity contribution is 5.77. The molecule has 0 spiro atoms. The molecule has 1 rings (SSSR count). The van der Waals surface area contributed by atoms with E-state index in [1.807, 2.05) is 18.2 Å². The lowest BCUT2D eigenvalue weighted by molar-refractivity contribution is -0.127. The Morgan fingerprint density at radius 3 is 2.56 bits per heavy atom. The molecule has 0 aromatic heterocycles. The summed E-state index contributed by atoms with van der Waals surface area (Å²) in [6.07, 6.45) is 0. The van der Waals surface area contributed by atoms with Crippen LogP contribution in [0.4, 0.5) is 0 Å². The molecule has 0 saturated heterocycles. The van der Waals surface area contributed by atoms with Crippen LogP contribution in [-0.4, -0.2) is 45.7 Å². The fourth-order valence-corrected chi connectivity index (χ4v) is 1.56. The number of hydrogen-bond donors (Lipinski definition) is 1. The molecule has 0 atom stereocenters. The van der Waals surface area contributed by atoms with Crippen molar-refractivity contribution in [2.45, 2.75) is 6.54 Å². The molecule has 0 radical (unpaired) electrons. The lowest BCUT2D eigenvalue weighted by atomic mass is 10.2. The zero-order chi connectivity index (χ0) is 13.5. The van der Waals surface area contributed by atoms with Crippen molar-refractivity contribution in [1.29, 1.82) is 0 Å². The van der Waals surface area contributed by atoms with Crippen LogP contribution in [0.1, 0.15) is 5.56 Å². The quantitative estimate of drug-likeness (QED) is 0.816. The summed E-state index contributed by atoms with van der Waals surface area (Å²) >= 11 is 0. The number of nitrogens with zero attached hydrogens (tertiary/aromatic N) is 1. The second-order valence-electron chi connectivity index (χ2n) is 4.04. The molecular formula is C13H20N2O3. The number of para-hydroxylation sites is 1. The smallest absolute Gasteiger partial charge is 0.236 e. The van der Waals surface area contributed by atoms with Gasteiger partial charge in [-0.2, -0.15) is 0 Å². The van der Waals surface area contributed by atoms with Gasteiger partial charge in [0.05, 0.1) is 20.8 Å². The molecule has 0 aliphatic heterocycles. The second kappa shape index (κ2) is 6.86. The van der Waals surface area contributed by atoms with Crippen LogP contribution in [0.25, 0.3) is 0 Å². The molecule has 0 saturated carbocycles. The van der Waals surface area contributed by atoms with E-state index in [1.165, 1.54) is 0 Å². The van der Waals surface area contributed by atoms with Crippen LogP contribution in [0.3, 0.4) is 0 Å². The van der Waals surface area contributed by atoms with E-state index in [2.05, 4.69) is 5.32 Å². The van der Waals surface area contributed by atoms with Crippen molar-refractivity contribution >= 4 is 5.91 Å². The van der Waals surface area contributed by atoms with Crippen LogP contribution in [-0.2, 0) is 11.3 Å². The third kappa shape index (κ3) is 3.63. The lowest BCUT2D eigenvalue weighted by Crippen LogP contribution is -2.32. The zero-order valence-corrected chi connectivity index (χ0v) is 11.3. The maximum atomic E-state index is 11.4. The van der Waals surface area contributed by atoms with Gasteiger partial charge in [-0.05, 0) is 6.07 Å². The lowest BCUT2D eigenvalue weighted by Gasteiger charge is -2.14. The van der Waals surface area contributed by atoms with E-state index >= 15 is 0 Å². The van der Waals surface area contributed by atoms with Gasteiger partial charge in [-0.25, -0.2) is 0 Å². The van der Waals surface area contributed by atoms with E-state index < -0.39 is 0 Å². The van der Waals surface area contributed by atoms with E-state index in [9.17, 15) is 4.79 Å². The van der Waals surface area contributed by atoms with Crippen LogP contribution in [0.5, 0.6) is 11.5 Å². The molecule has 1 aromatic rings. The summed E-state index contributed by atoms with van der Waals surface area (Å²) in [4.78, 5) is 13.0. The summed E-state index contributed by atoms with van der Waals surface area (Å²) in [5.41, 5.74) is 0.961. The Labute approximate surface area is 108 Å². The highest BCUT2D eigenvalue weighted by Crippen LogP contribution is 2.30. The third-order valence-electron chi connectivity index (χ3n) is 2.57. The molecule has 1 N–H and O–H groups in total. The van der Waals surface area contributed by atoms with Gasteiger partial charge in [-0.15, -0.1) is 0 Å². The Morgan fingerprint density at radius 1 is 1.28 bits per heavy atom. The number of methoxy groups -OCH3 is 2. The second-order valence-corrected chi connectivity index (χ2v) is 4.04. The average Bonchev–Trinajstić information content (AvgIpc) is 2.37. The summed E-state index contributed by atoms with van der Waals surface area (Å²) in [6.45, 7) is 0.854. The van der Waals surface area contributed by atoms with Crippen molar-refractivity contribution in [3.63, 3.8) is 0 Å². The van der Waals surface area contributed by atoms with Gasteiger partial charge in [0.1, 0.15) is 0 Å². The molecule has 5 nitrogen and oxygen atoms in total. The SMILES string of the molecule is COc1cccc(CNCC(=O)N(C)C)c1OC. The monoisotopic (exact) mass is 252 g/mol. The van der Waals surface area contributed by atoms with E-state index in [0.717, 1.165) is 5.56 Å².